The van der Waals surface area contributed by atoms with Crippen molar-refractivity contribution in [2.75, 3.05) is 19.8 Å². The Bertz CT molecular complexity index is 681. The molecule has 0 spiro atoms. The van der Waals surface area contributed by atoms with Crippen LogP contribution in [0.3, 0.4) is 0 Å². The molecule has 0 saturated carbocycles. The van der Waals surface area contributed by atoms with Gasteiger partial charge in [0.05, 0.1) is 15.8 Å². The predicted molar refractivity (Wildman–Crippen MR) is 82.8 cm³/mol. The highest BCUT2D eigenvalue weighted by atomic mass is 35.5. The summed E-state index contributed by atoms with van der Waals surface area (Å²) in [6, 6.07) is 3.71. The Morgan fingerprint density at radius 1 is 1.43 bits per heavy atom. The first-order valence-electron chi connectivity index (χ1n) is 6.15. The fourth-order valence-electron chi connectivity index (χ4n) is 1.68. The van der Waals surface area contributed by atoms with Crippen molar-refractivity contribution in [3.63, 3.8) is 0 Å². The number of carbonyl (C=O) groups excluding carboxylic acids is 1. The zero-order valence-electron chi connectivity index (χ0n) is 10.8. The van der Waals surface area contributed by atoms with Crippen molar-refractivity contribution < 1.29 is 14.3 Å². The van der Waals surface area contributed by atoms with Crippen LogP contribution < -0.4 is 5.32 Å². The minimum atomic E-state index is -0.241. The highest BCUT2D eigenvalue weighted by Crippen LogP contribution is 2.32. The normalized spacial score (nSPS) is 14.0. The van der Waals surface area contributed by atoms with Crippen molar-refractivity contribution in [1.82, 2.24) is 10.3 Å². The van der Waals surface area contributed by atoms with E-state index in [1.165, 1.54) is 28.9 Å². The molecule has 2 aromatic rings. The van der Waals surface area contributed by atoms with Crippen LogP contribution in [0.15, 0.2) is 29.5 Å². The van der Waals surface area contributed by atoms with Crippen molar-refractivity contribution >= 4 is 40.2 Å². The van der Waals surface area contributed by atoms with Crippen LogP contribution in [-0.4, -0.2) is 30.6 Å². The zero-order valence-corrected chi connectivity index (χ0v) is 13.2. The fraction of sp³-hybridized carbons (Fsp3) is 0.231. The second-order valence-electron chi connectivity index (χ2n) is 4.13. The largest absolute Gasteiger partial charge is 0.494 e. The first-order chi connectivity index (χ1) is 10.2. The summed E-state index contributed by atoms with van der Waals surface area (Å²) in [6.07, 6.45) is 1.52. The number of ether oxygens (including phenoxy) is 2. The highest BCUT2D eigenvalue weighted by molar-refractivity contribution is 7.23. The molecule has 21 heavy (non-hydrogen) atoms. The van der Waals surface area contributed by atoms with Crippen LogP contribution in [0.1, 0.15) is 10.5 Å². The summed E-state index contributed by atoms with van der Waals surface area (Å²) in [5.74, 6) is 0.366. The van der Waals surface area contributed by atoms with Gasteiger partial charge in [0.25, 0.3) is 5.91 Å². The number of hydrogen-bond acceptors (Lipinski definition) is 6. The molecule has 0 saturated heterocycles. The van der Waals surface area contributed by atoms with Crippen LogP contribution in [0.5, 0.6) is 0 Å². The second-order valence-corrected chi connectivity index (χ2v) is 6.70. The Labute approximate surface area is 134 Å². The van der Waals surface area contributed by atoms with Crippen molar-refractivity contribution in [3.8, 4) is 9.88 Å². The quantitative estimate of drug-likeness (QED) is 0.927. The third-order valence-electron chi connectivity index (χ3n) is 2.65. The number of amides is 1. The average molecular weight is 343 g/mol. The third kappa shape index (κ3) is 3.55. The molecule has 0 bridgehead atoms. The van der Waals surface area contributed by atoms with Gasteiger partial charge in [-0.25, -0.2) is 4.98 Å². The number of nitrogens with one attached hydrogen (secondary N) is 1. The summed E-state index contributed by atoms with van der Waals surface area (Å²) in [5, 5.41) is 5.26. The summed E-state index contributed by atoms with van der Waals surface area (Å²) in [6.45, 7) is 1.33. The van der Waals surface area contributed by atoms with Crippen LogP contribution in [0, 0.1) is 0 Å². The number of thiophene rings is 1. The summed E-state index contributed by atoms with van der Waals surface area (Å²) in [7, 11) is 0. The molecule has 0 aliphatic carbocycles. The monoisotopic (exact) mass is 342 g/mol. The van der Waals surface area contributed by atoms with Gasteiger partial charge >= 0.3 is 0 Å². The number of thiazole rings is 1. The summed E-state index contributed by atoms with van der Waals surface area (Å²) >= 11 is 8.75. The SMILES string of the molecule is O=C(NCC1=COCCO1)c1csc(-c2ccc(Cl)s2)n1. The van der Waals surface area contributed by atoms with Gasteiger partial charge in [0.1, 0.15) is 35.9 Å². The molecule has 3 rings (SSSR count). The number of hydrogen-bond donors (Lipinski definition) is 1. The van der Waals surface area contributed by atoms with Crippen molar-refractivity contribution in [2.45, 2.75) is 0 Å². The molecule has 1 N–H and O–H groups in total. The van der Waals surface area contributed by atoms with E-state index in [1.54, 1.807) is 5.38 Å². The van der Waals surface area contributed by atoms with Gasteiger partial charge in [0.2, 0.25) is 0 Å². The molecular formula is C13H11ClN2O3S2. The molecular weight excluding hydrogens is 332 g/mol. The van der Waals surface area contributed by atoms with E-state index in [9.17, 15) is 4.79 Å². The van der Waals surface area contributed by atoms with Gasteiger partial charge in [-0.2, -0.15) is 0 Å². The Hall–Kier alpha value is -1.57. The van der Waals surface area contributed by atoms with Gasteiger partial charge in [-0.15, -0.1) is 22.7 Å². The molecule has 0 fully saturated rings. The number of nitrogens with zero attached hydrogens (tertiary/aromatic N) is 1. The molecule has 8 heteroatoms. The fourth-order valence-corrected chi connectivity index (χ4v) is 3.59. The Balaban J connectivity index is 1.62. The van der Waals surface area contributed by atoms with Crippen LogP contribution in [0.4, 0.5) is 0 Å². The van der Waals surface area contributed by atoms with E-state index < -0.39 is 0 Å². The number of aromatic nitrogens is 1. The molecule has 0 atom stereocenters. The standard InChI is InChI=1S/C13H11ClN2O3S2/c14-11-2-1-10(21-11)13-16-9(7-20-13)12(17)15-5-8-6-18-3-4-19-8/h1-2,6-7H,3-5H2,(H,15,17). The molecule has 0 radical (unpaired) electrons. The maximum Gasteiger partial charge on any atom is 0.271 e. The smallest absolute Gasteiger partial charge is 0.271 e. The lowest BCUT2D eigenvalue weighted by atomic mass is 10.4. The first-order valence-corrected chi connectivity index (χ1v) is 8.22. The lowest BCUT2D eigenvalue weighted by Gasteiger charge is -2.15. The van der Waals surface area contributed by atoms with Gasteiger partial charge in [-0.1, -0.05) is 11.6 Å². The maximum atomic E-state index is 12.0. The van der Waals surface area contributed by atoms with E-state index in [4.69, 9.17) is 21.1 Å². The third-order valence-corrected chi connectivity index (χ3v) is 4.89. The summed E-state index contributed by atoms with van der Waals surface area (Å²) in [5.41, 5.74) is 0.386. The van der Waals surface area contributed by atoms with Crippen LogP contribution in [-0.2, 0) is 9.47 Å². The average Bonchev–Trinajstić information content (AvgIpc) is 3.14. The van der Waals surface area contributed by atoms with E-state index in [1.807, 2.05) is 12.1 Å². The Morgan fingerprint density at radius 2 is 2.33 bits per heavy atom. The number of halogens is 1. The van der Waals surface area contributed by atoms with E-state index in [0.29, 0.717) is 29.0 Å². The van der Waals surface area contributed by atoms with E-state index in [0.717, 1.165) is 9.88 Å². The lowest BCUT2D eigenvalue weighted by Crippen LogP contribution is -2.28. The van der Waals surface area contributed by atoms with Gasteiger partial charge in [-0.05, 0) is 12.1 Å². The van der Waals surface area contributed by atoms with Crippen molar-refractivity contribution in [3.05, 3.63) is 39.6 Å². The van der Waals surface area contributed by atoms with Gasteiger partial charge < -0.3 is 14.8 Å². The predicted octanol–water partition coefficient (Wildman–Crippen LogP) is 3.14. The lowest BCUT2D eigenvalue weighted by molar-refractivity contribution is 0.0774. The molecule has 3 heterocycles. The molecule has 5 nitrogen and oxygen atoms in total. The zero-order chi connectivity index (χ0) is 14.7. The Kier molecular flexibility index (Phi) is 4.42. The summed E-state index contributed by atoms with van der Waals surface area (Å²) in [4.78, 5) is 17.3. The molecule has 2 aromatic heterocycles. The molecule has 1 aliphatic heterocycles. The van der Waals surface area contributed by atoms with E-state index in [2.05, 4.69) is 10.3 Å². The maximum absolute atomic E-state index is 12.0. The van der Waals surface area contributed by atoms with Crippen LogP contribution in [0.2, 0.25) is 4.34 Å². The Morgan fingerprint density at radius 3 is 3.05 bits per heavy atom. The van der Waals surface area contributed by atoms with E-state index >= 15 is 0 Å². The van der Waals surface area contributed by atoms with Crippen molar-refractivity contribution in [2.24, 2.45) is 0 Å². The minimum Gasteiger partial charge on any atom is -0.494 e. The molecule has 0 unspecified atom stereocenters. The van der Waals surface area contributed by atoms with Crippen molar-refractivity contribution in [1.29, 1.82) is 0 Å². The summed E-state index contributed by atoms with van der Waals surface area (Å²) < 4.78 is 11.2. The highest BCUT2D eigenvalue weighted by Gasteiger charge is 2.14. The molecule has 0 aromatic carbocycles. The first kappa shape index (κ1) is 14.4. The number of carbonyl (C=O) groups is 1. The van der Waals surface area contributed by atoms with Crippen LogP contribution in [0.25, 0.3) is 9.88 Å². The van der Waals surface area contributed by atoms with Crippen LogP contribution >= 0.6 is 34.3 Å². The topological polar surface area (TPSA) is 60.5 Å². The number of rotatable bonds is 4. The second kappa shape index (κ2) is 6.46. The van der Waals surface area contributed by atoms with Gasteiger partial charge in [0, 0.05) is 5.38 Å². The molecule has 1 amide bonds. The minimum absolute atomic E-state index is 0.241. The van der Waals surface area contributed by atoms with E-state index in [-0.39, 0.29) is 12.5 Å². The van der Waals surface area contributed by atoms with Gasteiger partial charge in [-0.3, -0.25) is 4.79 Å². The molecule has 1 aliphatic rings. The van der Waals surface area contributed by atoms with Gasteiger partial charge in [0.15, 0.2) is 0 Å². The molecule has 110 valence electrons.